The van der Waals surface area contributed by atoms with Crippen molar-refractivity contribution in [1.29, 1.82) is 0 Å². The number of esters is 2. The molecule has 0 aromatic heterocycles. The predicted molar refractivity (Wildman–Crippen MR) is 310 cm³/mol. The Bertz CT molecular complexity index is 1110. The van der Waals surface area contributed by atoms with Crippen molar-refractivity contribution in [2.45, 2.75) is 258 Å². The maximum atomic E-state index is 13.3. The van der Waals surface area contributed by atoms with Crippen molar-refractivity contribution < 1.29 is 42.8 Å². The van der Waals surface area contributed by atoms with E-state index in [0.29, 0.717) is 85.3 Å². The van der Waals surface area contributed by atoms with Crippen LogP contribution in [0.2, 0.25) is 0 Å². The Labute approximate surface area is 461 Å². The predicted octanol–water partition coefficient (Wildman–Crippen LogP) is 10.7. The van der Waals surface area contributed by atoms with Crippen molar-refractivity contribution in [3.63, 3.8) is 0 Å². The highest BCUT2D eigenvalue weighted by atomic mass is 16.6. The molecule has 0 aliphatic rings. The molecule has 1 amide bonds. The third-order valence-electron chi connectivity index (χ3n) is 13.5. The molecular formula is C60H122N6O9. The van der Waals surface area contributed by atoms with Crippen LogP contribution in [0, 0.1) is 0 Å². The summed E-state index contributed by atoms with van der Waals surface area (Å²) in [4.78, 5) is 41.7. The molecule has 0 saturated carbocycles. The van der Waals surface area contributed by atoms with Gasteiger partial charge >= 0.3 is 11.9 Å². The summed E-state index contributed by atoms with van der Waals surface area (Å²) in [6.07, 6.45) is 33.0. The summed E-state index contributed by atoms with van der Waals surface area (Å²) in [6.45, 7) is 20.5. The van der Waals surface area contributed by atoms with Crippen LogP contribution in [0.25, 0.3) is 0 Å². The third kappa shape index (κ3) is 52.5. The number of hydrogen-bond donors (Lipinski definition) is 5. The van der Waals surface area contributed by atoms with Gasteiger partial charge in [0, 0.05) is 45.8 Å². The van der Waals surface area contributed by atoms with Gasteiger partial charge in [-0.25, -0.2) is 0 Å². The first kappa shape index (κ1) is 73.0. The van der Waals surface area contributed by atoms with Gasteiger partial charge in [-0.1, -0.05) is 143 Å². The normalized spacial score (nSPS) is 12.1. The Balaban J connectivity index is 5.09. The minimum atomic E-state index is -0.361. The van der Waals surface area contributed by atoms with Crippen molar-refractivity contribution in [2.24, 2.45) is 11.5 Å². The Morgan fingerprint density at radius 1 is 0.413 bits per heavy atom. The van der Waals surface area contributed by atoms with Crippen LogP contribution in [0.4, 0.5) is 0 Å². The highest BCUT2D eigenvalue weighted by molar-refractivity contribution is 5.81. The lowest BCUT2D eigenvalue weighted by Gasteiger charge is -2.23. The maximum Gasteiger partial charge on any atom is 0.306 e. The summed E-state index contributed by atoms with van der Waals surface area (Å²) in [7, 11) is 0. The van der Waals surface area contributed by atoms with E-state index in [-0.39, 0.29) is 36.1 Å². The van der Waals surface area contributed by atoms with Crippen LogP contribution in [0.15, 0.2) is 0 Å². The van der Waals surface area contributed by atoms with Gasteiger partial charge in [-0.3, -0.25) is 14.4 Å². The van der Waals surface area contributed by atoms with Crippen LogP contribution in [-0.2, 0) is 42.8 Å². The minimum absolute atomic E-state index is 0.0638. The number of amides is 1. The van der Waals surface area contributed by atoms with Gasteiger partial charge in [-0.15, -0.1) is 0 Å². The smallest absolute Gasteiger partial charge is 0.306 e. The van der Waals surface area contributed by atoms with Gasteiger partial charge in [0.05, 0.1) is 32.5 Å². The molecule has 446 valence electrons. The molecule has 0 aliphatic heterocycles. The lowest BCUT2D eigenvalue weighted by Crippen LogP contribution is -2.45. The average Bonchev–Trinajstić information content (AvgIpc) is 3.40. The SMILES string of the molecule is CCCCCCOCC(COCCCCCC)OC(=O)CCCCCCCN(CCCCCCCC(=O)OC(COCCCCCC)COCCCCCC)CCCNC(=O)C(CCCNCCCN)NCCCN. The molecule has 0 rings (SSSR count). The van der Waals surface area contributed by atoms with E-state index >= 15 is 0 Å². The molecular weight excluding hydrogens is 949 g/mol. The summed E-state index contributed by atoms with van der Waals surface area (Å²) in [5.74, 6) is -0.257. The number of carbonyl (C=O) groups excluding carboxylic acids is 3. The molecule has 1 unspecified atom stereocenters. The van der Waals surface area contributed by atoms with E-state index in [4.69, 9.17) is 39.9 Å². The summed E-state index contributed by atoms with van der Waals surface area (Å²) in [5.41, 5.74) is 11.4. The zero-order valence-electron chi connectivity index (χ0n) is 49.4. The van der Waals surface area contributed by atoms with Gasteiger partial charge in [0.25, 0.3) is 0 Å². The fourth-order valence-electron chi connectivity index (χ4n) is 8.84. The second kappa shape index (κ2) is 59.7. The van der Waals surface area contributed by atoms with E-state index in [1.807, 2.05) is 0 Å². The van der Waals surface area contributed by atoms with Crippen molar-refractivity contribution in [3.8, 4) is 0 Å². The van der Waals surface area contributed by atoms with E-state index in [9.17, 15) is 14.4 Å². The number of rotatable bonds is 62. The Morgan fingerprint density at radius 3 is 1.21 bits per heavy atom. The molecule has 1 atom stereocenters. The summed E-state index contributed by atoms with van der Waals surface area (Å²) in [6, 6.07) is -0.230. The Kier molecular flexibility index (Phi) is 58.2. The molecule has 0 spiro atoms. The van der Waals surface area contributed by atoms with E-state index < -0.39 is 0 Å². The van der Waals surface area contributed by atoms with Gasteiger partial charge in [0.1, 0.15) is 12.2 Å². The fourth-order valence-corrected chi connectivity index (χ4v) is 8.84. The van der Waals surface area contributed by atoms with Gasteiger partial charge in [-0.2, -0.15) is 0 Å². The van der Waals surface area contributed by atoms with Gasteiger partial charge < -0.3 is 60.7 Å². The van der Waals surface area contributed by atoms with Crippen molar-refractivity contribution in [1.82, 2.24) is 20.9 Å². The average molecular weight is 1070 g/mol. The molecule has 0 heterocycles. The highest BCUT2D eigenvalue weighted by Crippen LogP contribution is 2.13. The number of nitrogens with two attached hydrogens (primary N) is 2. The maximum absolute atomic E-state index is 13.3. The number of unbranched alkanes of at least 4 members (excludes halogenated alkanes) is 20. The Morgan fingerprint density at radius 2 is 0.787 bits per heavy atom. The summed E-state index contributed by atoms with van der Waals surface area (Å²) < 4.78 is 35.4. The first-order chi connectivity index (χ1) is 36.8. The molecule has 75 heavy (non-hydrogen) atoms. The molecule has 0 fully saturated rings. The molecule has 0 aromatic carbocycles. The van der Waals surface area contributed by atoms with Crippen LogP contribution in [0.1, 0.15) is 240 Å². The zero-order chi connectivity index (χ0) is 54.8. The number of ether oxygens (including phenoxy) is 6. The largest absolute Gasteiger partial charge is 0.457 e. The molecule has 15 nitrogen and oxygen atoms in total. The van der Waals surface area contributed by atoms with Crippen molar-refractivity contribution in [3.05, 3.63) is 0 Å². The quantitative estimate of drug-likeness (QED) is 0.0285. The van der Waals surface area contributed by atoms with Crippen LogP contribution in [0.5, 0.6) is 0 Å². The number of hydrogen-bond acceptors (Lipinski definition) is 14. The Hall–Kier alpha value is -1.95. The first-order valence-corrected chi connectivity index (χ1v) is 31.4. The monoisotopic (exact) mass is 1070 g/mol. The van der Waals surface area contributed by atoms with E-state index in [0.717, 1.165) is 187 Å². The van der Waals surface area contributed by atoms with E-state index in [1.54, 1.807) is 0 Å². The lowest BCUT2D eigenvalue weighted by atomic mass is 10.1. The summed E-state index contributed by atoms with van der Waals surface area (Å²) >= 11 is 0. The first-order valence-electron chi connectivity index (χ1n) is 31.4. The molecule has 0 radical (unpaired) electrons. The molecule has 7 N–H and O–H groups in total. The third-order valence-corrected chi connectivity index (χ3v) is 13.5. The molecule has 0 aliphatic carbocycles. The number of carbonyl (C=O) groups is 3. The minimum Gasteiger partial charge on any atom is -0.457 e. The zero-order valence-corrected chi connectivity index (χ0v) is 49.4. The molecule has 0 bridgehead atoms. The number of nitrogens with zero attached hydrogens (tertiary/aromatic N) is 1. The second-order valence-electron chi connectivity index (χ2n) is 21.0. The van der Waals surface area contributed by atoms with Gasteiger partial charge in [0.15, 0.2) is 0 Å². The highest BCUT2D eigenvalue weighted by Gasteiger charge is 2.19. The van der Waals surface area contributed by atoms with Crippen molar-refractivity contribution in [2.75, 3.05) is 112 Å². The molecule has 0 aromatic rings. The summed E-state index contributed by atoms with van der Waals surface area (Å²) in [5, 5.41) is 10.1. The van der Waals surface area contributed by atoms with Crippen LogP contribution < -0.4 is 27.4 Å². The van der Waals surface area contributed by atoms with Gasteiger partial charge in [0.2, 0.25) is 5.91 Å². The van der Waals surface area contributed by atoms with Crippen LogP contribution in [-0.4, -0.2) is 153 Å². The number of nitrogens with one attached hydrogen (secondary N) is 3. The fraction of sp³-hybridized carbons (Fsp3) is 0.950. The lowest BCUT2D eigenvalue weighted by molar-refractivity contribution is -0.157. The standard InChI is InChI=1S/C60H122N6O9/c1-5-9-13-27-47-70-51-55(52-71-48-28-14-10-6-2)74-58(67)36-23-19-17-21-25-44-66(46-34-43-65-60(69)57(64-42-33-39-62)35-31-40-63-41-32-38-61)45-26-22-18-20-24-37-59(68)75-56(53-72-49-29-15-11-7-3)54-73-50-30-16-12-8-4/h55-57,63-64H,5-54,61-62H2,1-4H3,(H,65,69). The second-order valence-corrected chi connectivity index (χ2v) is 21.0. The van der Waals surface area contributed by atoms with Gasteiger partial charge in [-0.05, 0) is 136 Å². The molecule has 15 heteroatoms. The van der Waals surface area contributed by atoms with Crippen LogP contribution >= 0.6 is 0 Å². The van der Waals surface area contributed by atoms with Crippen molar-refractivity contribution >= 4 is 17.8 Å². The van der Waals surface area contributed by atoms with E-state index in [1.165, 1.54) is 51.4 Å². The van der Waals surface area contributed by atoms with Crippen LogP contribution in [0.3, 0.4) is 0 Å². The van der Waals surface area contributed by atoms with E-state index in [2.05, 4.69) is 48.5 Å². The topological polar surface area (TPSA) is 198 Å². The molecule has 0 saturated heterocycles.